The van der Waals surface area contributed by atoms with Crippen LogP contribution in [-0.2, 0) is 12.4 Å². The number of hydrogen-bond acceptors (Lipinski definition) is 2. The summed E-state index contributed by atoms with van der Waals surface area (Å²) in [5, 5.41) is 2.91. The number of rotatable bonds is 4. The van der Waals surface area contributed by atoms with Crippen molar-refractivity contribution in [3.05, 3.63) is 55.7 Å². The molecule has 0 bridgehead atoms. The maximum absolute atomic E-state index is 12.0. The number of halogens is 2. The molecule has 0 saturated carbocycles. The summed E-state index contributed by atoms with van der Waals surface area (Å²) in [5.74, 6) is 0.468. The number of carbonyl (C=O) groups excluding carboxylic acids is 1. The van der Waals surface area contributed by atoms with Gasteiger partial charge in [-0.3, -0.25) is 4.79 Å². The molecule has 0 aliphatic heterocycles. The van der Waals surface area contributed by atoms with Crippen molar-refractivity contribution in [2.24, 2.45) is 0 Å². The first-order valence-corrected chi connectivity index (χ1v) is 7.92. The lowest BCUT2D eigenvalue weighted by Crippen LogP contribution is -2.21. The molecular weight excluding hydrogens is 346 g/mol. The van der Waals surface area contributed by atoms with Gasteiger partial charge in [0.25, 0.3) is 5.91 Å². The molecule has 0 radical (unpaired) electrons. The highest BCUT2D eigenvalue weighted by atomic mass is 79.9. The van der Waals surface area contributed by atoms with Crippen LogP contribution >= 0.6 is 38.9 Å². The maximum atomic E-state index is 12.0. The van der Waals surface area contributed by atoms with Crippen LogP contribution < -0.4 is 5.32 Å². The van der Waals surface area contributed by atoms with Crippen LogP contribution in [0.4, 0.5) is 0 Å². The van der Waals surface area contributed by atoms with Crippen molar-refractivity contribution in [1.29, 1.82) is 0 Å². The quantitative estimate of drug-likeness (QED) is 0.802. The van der Waals surface area contributed by atoms with Crippen molar-refractivity contribution in [2.75, 3.05) is 0 Å². The number of nitrogens with one attached hydrogen (secondary N) is 1. The summed E-state index contributed by atoms with van der Waals surface area (Å²) in [6.07, 6.45) is 0. The molecule has 0 fully saturated rings. The highest BCUT2D eigenvalue weighted by molar-refractivity contribution is 9.11. The zero-order chi connectivity index (χ0) is 13.8. The van der Waals surface area contributed by atoms with Crippen molar-refractivity contribution in [2.45, 2.75) is 19.3 Å². The van der Waals surface area contributed by atoms with Crippen LogP contribution in [0.2, 0.25) is 0 Å². The van der Waals surface area contributed by atoms with Crippen LogP contribution in [0.5, 0.6) is 0 Å². The highest BCUT2D eigenvalue weighted by Crippen LogP contribution is 2.27. The fourth-order valence-corrected chi connectivity index (χ4v) is 3.22. The maximum Gasteiger partial charge on any atom is 0.261 e. The van der Waals surface area contributed by atoms with Gasteiger partial charge < -0.3 is 5.32 Å². The van der Waals surface area contributed by atoms with Crippen LogP contribution in [0.25, 0.3) is 0 Å². The fraction of sp³-hybridized carbons (Fsp3) is 0.214. The van der Waals surface area contributed by atoms with Gasteiger partial charge in [-0.15, -0.1) is 22.9 Å². The third kappa shape index (κ3) is 3.81. The van der Waals surface area contributed by atoms with Gasteiger partial charge in [-0.1, -0.05) is 24.3 Å². The summed E-state index contributed by atoms with van der Waals surface area (Å²) in [5.41, 5.74) is 3.23. The first-order chi connectivity index (χ1) is 9.10. The van der Waals surface area contributed by atoms with Gasteiger partial charge in [-0.25, -0.2) is 0 Å². The summed E-state index contributed by atoms with van der Waals surface area (Å²) in [6, 6.07) is 9.79. The molecule has 1 N–H and O–H groups in total. The molecule has 0 aliphatic rings. The smallest absolute Gasteiger partial charge is 0.261 e. The molecule has 0 unspecified atom stereocenters. The van der Waals surface area contributed by atoms with E-state index in [9.17, 15) is 4.79 Å². The lowest BCUT2D eigenvalue weighted by atomic mass is 10.1. The Labute approximate surface area is 129 Å². The molecule has 0 spiro atoms. The Morgan fingerprint density at radius 1 is 1.32 bits per heavy atom. The zero-order valence-electron chi connectivity index (χ0n) is 10.4. The average molecular weight is 359 g/mol. The Kier molecular flexibility index (Phi) is 5.02. The summed E-state index contributed by atoms with van der Waals surface area (Å²) in [4.78, 5) is 12.7. The molecule has 1 amide bonds. The minimum absolute atomic E-state index is 0.0415. The Balaban J connectivity index is 1.96. The largest absolute Gasteiger partial charge is 0.347 e. The van der Waals surface area contributed by atoms with Gasteiger partial charge in [-0.05, 0) is 45.6 Å². The summed E-state index contributed by atoms with van der Waals surface area (Å²) in [7, 11) is 0. The van der Waals surface area contributed by atoms with E-state index in [1.807, 2.05) is 37.3 Å². The number of hydrogen-bond donors (Lipinski definition) is 1. The van der Waals surface area contributed by atoms with Crippen molar-refractivity contribution in [3.8, 4) is 0 Å². The second-order valence-electron chi connectivity index (χ2n) is 4.20. The molecule has 0 saturated heterocycles. The molecule has 2 rings (SSSR count). The number of aryl methyl sites for hydroxylation is 1. The van der Waals surface area contributed by atoms with E-state index in [4.69, 9.17) is 11.6 Å². The van der Waals surface area contributed by atoms with E-state index in [0.29, 0.717) is 12.4 Å². The number of benzene rings is 1. The lowest BCUT2D eigenvalue weighted by Gasteiger charge is -2.04. The monoisotopic (exact) mass is 357 g/mol. The van der Waals surface area contributed by atoms with Crippen molar-refractivity contribution >= 4 is 44.8 Å². The van der Waals surface area contributed by atoms with E-state index in [1.165, 1.54) is 11.3 Å². The molecule has 1 aromatic heterocycles. The number of carbonyl (C=O) groups is 1. The van der Waals surface area contributed by atoms with Crippen LogP contribution in [0, 0.1) is 6.92 Å². The Morgan fingerprint density at radius 3 is 2.47 bits per heavy atom. The summed E-state index contributed by atoms with van der Waals surface area (Å²) in [6.45, 7) is 2.50. The summed E-state index contributed by atoms with van der Waals surface area (Å²) >= 11 is 10.6. The number of thiophene rings is 1. The fourth-order valence-electron chi connectivity index (χ4n) is 1.59. The van der Waals surface area contributed by atoms with Crippen LogP contribution in [0.1, 0.15) is 26.4 Å². The predicted octanol–water partition coefficient (Wildman–Crippen LogP) is 4.49. The molecule has 100 valence electrons. The Bertz CT molecular complexity index is 560. The first kappa shape index (κ1) is 14.6. The summed E-state index contributed by atoms with van der Waals surface area (Å²) < 4.78 is 1.00. The molecule has 2 aromatic rings. The zero-order valence-corrected chi connectivity index (χ0v) is 13.5. The molecule has 5 heteroatoms. The van der Waals surface area contributed by atoms with E-state index >= 15 is 0 Å². The Morgan fingerprint density at radius 2 is 1.95 bits per heavy atom. The van der Waals surface area contributed by atoms with Gasteiger partial charge in [-0.2, -0.15) is 0 Å². The van der Waals surface area contributed by atoms with E-state index in [2.05, 4.69) is 21.2 Å². The number of alkyl halides is 1. The molecule has 0 aliphatic carbocycles. The minimum atomic E-state index is -0.0415. The predicted molar refractivity (Wildman–Crippen MR) is 83.9 cm³/mol. The van der Waals surface area contributed by atoms with Gasteiger partial charge in [0.1, 0.15) is 0 Å². The SMILES string of the molecule is Cc1cc(C(=O)NCc2ccc(CCl)cc2)sc1Br. The molecule has 19 heavy (non-hydrogen) atoms. The van der Waals surface area contributed by atoms with Crippen LogP contribution in [0.3, 0.4) is 0 Å². The minimum Gasteiger partial charge on any atom is -0.347 e. The van der Waals surface area contributed by atoms with Crippen molar-refractivity contribution < 1.29 is 4.79 Å². The van der Waals surface area contributed by atoms with Crippen molar-refractivity contribution in [3.63, 3.8) is 0 Å². The van der Waals surface area contributed by atoms with E-state index in [0.717, 1.165) is 25.4 Å². The Hall–Kier alpha value is -0.840. The van der Waals surface area contributed by atoms with Gasteiger partial charge in [0.15, 0.2) is 0 Å². The van der Waals surface area contributed by atoms with E-state index < -0.39 is 0 Å². The standard InChI is InChI=1S/C14H13BrClNOS/c1-9-6-12(19-13(9)15)14(18)17-8-11-4-2-10(7-16)3-5-11/h2-6H,7-8H2,1H3,(H,17,18). The van der Waals surface area contributed by atoms with E-state index in [-0.39, 0.29) is 5.91 Å². The third-order valence-corrected chi connectivity index (χ3v) is 5.16. The van der Waals surface area contributed by atoms with Crippen molar-refractivity contribution in [1.82, 2.24) is 5.32 Å². The highest BCUT2D eigenvalue weighted by Gasteiger charge is 2.10. The molecule has 1 aromatic carbocycles. The molecule has 2 nitrogen and oxygen atoms in total. The molecular formula is C14H13BrClNOS. The van der Waals surface area contributed by atoms with E-state index in [1.54, 1.807) is 0 Å². The molecule has 0 atom stereocenters. The lowest BCUT2D eigenvalue weighted by molar-refractivity contribution is 0.0955. The topological polar surface area (TPSA) is 29.1 Å². The average Bonchev–Trinajstić information content (AvgIpc) is 2.77. The van der Waals surface area contributed by atoms with Gasteiger partial charge >= 0.3 is 0 Å². The normalized spacial score (nSPS) is 10.5. The van der Waals surface area contributed by atoms with Gasteiger partial charge in [0.2, 0.25) is 0 Å². The third-order valence-electron chi connectivity index (χ3n) is 2.71. The van der Waals surface area contributed by atoms with Gasteiger partial charge in [0, 0.05) is 12.4 Å². The van der Waals surface area contributed by atoms with Crippen LogP contribution in [0.15, 0.2) is 34.1 Å². The number of amides is 1. The van der Waals surface area contributed by atoms with Gasteiger partial charge in [0.05, 0.1) is 8.66 Å². The van der Waals surface area contributed by atoms with Crippen LogP contribution in [-0.4, -0.2) is 5.91 Å². The second kappa shape index (κ2) is 6.55. The molecule has 1 heterocycles. The first-order valence-electron chi connectivity index (χ1n) is 5.78. The second-order valence-corrected chi connectivity index (χ2v) is 6.84.